The average molecular weight is 360 g/mol. The zero-order chi connectivity index (χ0) is 17.8. The molecule has 0 atom stereocenters. The highest BCUT2D eigenvalue weighted by Crippen LogP contribution is 2.21. The molecule has 3 aromatic rings. The van der Waals surface area contributed by atoms with Gasteiger partial charge in [0.25, 0.3) is 5.91 Å². The van der Waals surface area contributed by atoms with Crippen molar-refractivity contribution in [2.45, 2.75) is 0 Å². The van der Waals surface area contributed by atoms with Crippen LogP contribution in [0.3, 0.4) is 0 Å². The molecule has 1 heterocycles. The van der Waals surface area contributed by atoms with Gasteiger partial charge in [-0.05, 0) is 42.5 Å². The molecule has 0 bridgehead atoms. The molecule has 4 nitrogen and oxygen atoms in total. The highest BCUT2D eigenvalue weighted by Gasteiger charge is 2.14. The van der Waals surface area contributed by atoms with Crippen molar-refractivity contribution in [2.24, 2.45) is 0 Å². The molecule has 0 aliphatic carbocycles. The molecule has 0 saturated heterocycles. The first-order valence-corrected chi connectivity index (χ1v) is 7.65. The van der Waals surface area contributed by atoms with E-state index >= 15 is 0 Å². The Kier molecular flexibility index (Phi) is 4.90. The first-order chi connectivity index (χ1) is 12.0. The Morgan fingerprint density at radius 3 is 2.32 bits per heavy atom. The van der Waals surface area contributed by atoms with Gasteiger partial charge in [-0.2, -0.15) is 0 Å². The molecule has 0 saturated carbocycles. The Bertz CT molecular complexity index is 896. The van der Waals surface area contributed by atoms with Crippen LogP contribution in [-0.4, -0.2) is 10.9 Å². The summed E-state index contributed by atoms with van der Waals surface area (Å²) in [5, 5.41) is 5.85. The number of para-hydroxylation sites is 1. The molecule has 0 aliphatic heterocycles. The van der Waals surface area contributed by atoms with E-state index in [4.69, 9.17) is 11.6 Å². The van der Waals surface area contributed by atoms with Crippen LogP contribution in [0.15, 0.2) is 60.8 Å². The highest BCUT2D eigenvalue weighted by molar-refractivity contribution is 6.30. The number of anilines is 3. The van der Waals surface area contributed by atoms with Gasteiger partial charge in [-0.25, -0.2) is 13.8 Å². The van der Waals surface area contributed by atoms with Gasteiger partial charge >= 0.3 is 0 Å². The van der Waals surface area contributed by atoms with Crippen LogP contribution in [0.4, 0.5) is 25.8 Å². The number of carbonyl (C=O) groups is 1. The van der Waals surface area contributed by atoms with Crippen molar-refractivity contribution in [2.75, 3.05) is 10.6 Å². The fourth-order valence-corrected chi connectivity index (χ4v) is 2.32. The van der Waals surface area contributed by atoms with Gasteiger partial charge in [0, 0.05) is 10.7 Å². The number of aromatic nitrogens is 1. The third-order valence-corrected chi connectivity index (χ3v) is 3.55. The van der Waals surface area contributed by atoms with E-state index in [9.17, 15) is 13.6 Å². The lowest BCUT2D eigenvalue weighted by Gasteiger charge is -2.09. The molecular weight excluding hydrogens is 348 g/mol. The third-order valence-electron chi connectivity index (χ3n) is 3.31. The summed E-state index contributed by atoms with van der Waals surface area (Å²) in [6, 6.07) is 13.5. The lowest BCUT2D eigenvalue weighted by molar-refractivity contribution is 0.102. The van der Waals surface area contributed by atoms with E-state index in [0.29, 0.717) is 10.7 Å². The number of nitrogens with zero attached hydrogens (tertiary/aromatic N) is 1. The molecule has 1 amide bonds. The summed E-state index contributed by atoms with van der Waals surface area (Å²) in [5.74, 6) is -2.42. The summed E-state index contributed by atoms with van der Waals surface area (Å²) in [7, 11) is 0. The Morgan fingerprint density at radius 1 is 0.960 bits per heavy atom. The second-order valence-corrected chi connectivity index (χ2v) is 5.55. The van der Waals surface area contributed by atoms with E-state index in [2.05, 4.69) is 15.6 Å². The summed E-state index contributed by atoms with van der Waals surface area (Å²) < 4.78 is 27.1. The van der Waals surface area contributed by atoms with E-state index in [0.717, 1.165) is 17.8 Å². The number of halogens is 3. The molecule has 25 heavy (non-hydrogen) atoms. The standard InChI is InChI=1S/C18H12ClF2N3O/c19-11-3-1-4-12(9-11)23-13-7-8-16(22-10-13)18(25)24-17-14(20)5-2-6-15(17)21/h1-10,23H,(H,24,25). The van der Waals surface area contributed by atoms with E-state index in [1.807, 2.05) is 6.07 Å². The van der Waals surface area contributed by atoms with Crippen LogP contribution in [0.1, 0.15) is 10.5 Å². The van der Waals surface area contributed by atoms with E-state index < -0.39 is 23.2 Å². The summed E-state index contributed by atoms with van der Waals surface area (Å²) >= 11 is 5.91. The lowest BCUT2D eigenvalue weighted by Crippen LogP contribution is -2.15. The van der Waals surface area contributed by atoms with Gasteiger partial charge in [0.15, 0.2) is 0 Å². The average Bonchev–Trinajstić information content (AvgIpc) is 2.59. The molecule has 2 aromatic carbocycles. The summed E-state index contributed by atoms with van der Waals surface area (Å²) in [5.41, 5.74) is 0.922. The van der Waals surface area contributed by atoms with Crippen LogP contribution in [0.25, 0.3) is 0 Å². The second kappa shape index (κ2) is 7.27. The number of rotatable bonds is 4. The van der Waals surface area contributed by atoms with Crippen molar-refractivity contribution in [3.05, 3.63) is 83.1 Å². The topological polar surface area (TPSA) is 54.0 Å². The molecule has 0 fully saturated rings. The molecule has 126 valence electrons. The quantitative estimate of drug-likeness (QED) is 0.688. The lowest BCUT2D eigenvalue weighted by atomic mass is 10.2. The Hall–Kier alpha value is -2.99. The van der Waals surface area contributed by atoms with Gasteiger partial charge in [-0.1, -0.05) is 23.7 Å². The van der Waals surface area contributed by atoms with Gasteiger partial charge < -0.3 is 10.6 Å². The van der Waals surface area contributed by atoms with Gasteiger partial charge in [0.05, 0.1) is 11.9 Å². The Morgan fingerprint density at radius 2 is 1.68 bits per heavy atom. The number of nitrogens with one attached hydrogen (secondary N) is 2. The fraction of sp³-hybridized carbons (Fsp3) is 0. The number of hydrogen-bond acceptors (Lipinski definition) is 3. The maximum Gasteiger partial charge on any atom is 0.274 e. The molecule has 1 aromatic heterocycles. The van der Waals surface area contributed by atoms with E-state index in [-0.39, 0.29) is 5.69 Å². The first kappa shape index (κ1) is 16.9. The molecule has 3 rings (SSSR count). The van der Waals surface area contributed by atoms with Crippen LogP contribution in [-0.2, 0) is 0 Å². The van der Waals surface area contributed by atoms with Gasteiger partial charge in [0.1, 0.15) is 23.0 Å². The summed E-state index contributed by atoms with van der Waals surface area (Å²) in [6.45, 7) is 0. The monoisotopic (exact) mass is 359 g/mol. The Labute approximate surface area is 147 Å². The predicted molar refractivity (Wildman–Crippen MR) is 93.3 cm³/mol. The molecule has 0 unspecified atom stereocenters. The van der Waals surface area contributed by atoms with Gasteiger partial charge in [0.2, 0.25) is 0 Å². The zero-order valence-corrected chi connectivity index (χ0v) is 13.5. The van der Waals surface area contributed by atoms with Crippen LogP contribution < -0.4 is 10.6 Å². The van der Waals surface area contributed by atoms with Crippen molar-refractivity contribution in [3.8, 4) is 0 Å². The van der Waals surface area contributed by atoms with Crippen LogP contribution in [0, 0.1) is 11.6 Å². The normalized spacial score (nSPS) is 10.4. The maximum atomic E-state index is 13.6. The zero-order valence-electron chi connectivity index (χ0n) is 12.8. The van der Waals surface area contributed by atoms with Crippen molar-refractivity contribution < 1.29 is 13.6 Å². The van der Waals surface area contributed by atoms with Crippen molar-refractivity contribution in [3.63, 3.8) is 0 Å². The highest BCUT2D eigenvalue weighted by atomic mass is 35.5. The number of amides is 1. The van der Waals surface area contributed by atoms with Crippen molar-refractivity contribution >= 4 is 34.6 Å². The number of pyridine rings is 1. The number of carbonyl (C=O) groups excluding carboxylic acids is 1. The Balaban J connectivity index is 1.72. The second-order valence-electron chi connectivity index (χ2n) is 5.12. The largest absolute Gasteiger partial charge is 0.354 e. The first-order valence-electron chi connectivity index (χ1n) is 7.27. The van der Waals surface area contributed by atoms with Gasteiger partial charge in [-0.15, -0.1) is 0 Å². The molecule has 2 N–H and O–H groups in total. The molecule has 0 aliphatic rings. The summed E-state index contributed by atoms with van der Waals surface area (Å²) in [6.07, 6.45) is 1.44. The van der Waals surface area contributed by atoms with Crippen molar-refractivity contribution in [1.29, 1.82) is 0 Å². The number of hydrogen-bond donors (Lipinski definition) is 2. The summed E-state index contributed by atoms with van der Waals surface area (Å²) in [4.78, 5) is 16.1. The molecule has 7 heteroatoms. The minimum Gasteiger partial charge on any atom is -0.354 e. The van der Waals surface area contributed by atoms with Crippen LogP contribution >= 0.6 is 11.6 Å². The van der Waals surface area contributed by atoms with Crippen LogP contribution in [0.5, 0.6) is 0 Å². The number of benzene rings is 2. The van der Waals surface area contributed by atoms with E-state index in [1.165, 1.54) is 18.3 Å². The van der Waals surface area contributed by atoms with E-state index in [1.54, 1.807) is 24.3 Å². The minimum absolute atomic E-state index is 0.0271. The van der Waals surface area contributed by atoms with Crippen molar-refractivity contribution in [1.82, 2.24) is 4.98 Å². The molecule has 0 spiro atoms. The fourth-order valence-electron chi connectivity index (χ4n) is 2.13. The molecular formula is C18H12ClF2N3O. The maximum absolute atomic E-state index is 13.6. The smallest absolute Gasteiger partial charge is 0.274 e. The predicted octanol–water partition coefficient (Wildman–Crippen LogP) is 5.01. The van der Waals surface area contributed by atoms with Crippen LogP contribution in [0.2, 0.25) is 5.02 Å². The molecule has 0 radical (unpaired) electrons. The van der Waals surface area contributed by atoms with Gasteiger partial charge in [-0.3, -0.25) is 4.79 Å². The third kappa shape index (κ3) is 4.10. The minimum atomic E-state index is -0.854. The SMILES string of the molecule is O=C(Nc1c(F)cccc1F)c1ccc(Nc2cccc(Cl)c2)cn1.